The van der Waals surface area contributed by atoms with Gasteiger partial charge in [0.15, 0.2) is 0 Å². The number of hydrogen-bond acceptors (Lipinski definition) is 2. The van der Waals surface area contributed by atoms with Gasteiger partial charge in [-0.25, -0.2) is 4.98 Å². The van der Waals surface area contributed by atoms with Crippen LogP contribution >= 0.6 is 11.8 Å². The molecule has 2 aromatic heterocycles. The van der Waals surface area contributed by atoms with E-state index < -0.39 is 0 Å². The van der Waals surface area contributed by atoms with Crippen LogP contribution in [0.2, 0.25) is 0 Å². The van der Waals surface area contributed by atoms with E-state index in [2.05, 4.69) is 100 Å². The van der Waals surface area contributed by atoms with Crippen LogP contribution in [0.3, 0.4) is 0 Å². The smallest absolute Gasteiger partial charge is 0.124 e. The molecule has 0 fully saturated rings. The molecule has 0 amide bonds. The van der Waals surface area contributed by atoms with Crippen molar-refractivity contribution in [1.82, 2.24) is 14.1 Å². The van der Waals surface area contributed by atoms with Gasteiger partial charge in [-0.05, 0) is 42.5 Å². The maximum absolute atomic E-state index is 4.88. The van der Waals surface area contributed by atoms with Gasteiger partial charge in [-0.3, -0.25) is 4.57 Å². The summed E-state index contributed by atoms with van der Waals surface area (Å²) in [5.41, 5.74) is 7.10. The molecule has 4 heteroatoms. The second kappa shape index (κ2) is 6.00. The fraction of sp³-hybridized carbons (Fsp3) is 0.0385. The van der Waals surface area contributed by atoms with E-state index in [1.165, 1.54) is 43.6 Å². The molecule has 0 saturated carbocycles. The van der Waals surface area contributed by atoms with Crippen molar-refractivity contribution < 1.29 is 0 Å². The van der Waals surface area contributed by atoms with E-state index in [-0.39, 0.29) is 0 Å². The molecule has 1 aliphatic heterocycles. The van der Waals surface area contributed by atoms with Crippen LogP contribution in [0.5, 0.6) is 0 Å². The Morgan fingerprint density at radius 3 is 2.10 bits per heavy atom. The number of hydrogen-bond donors (Lipinski definition) is 0. The third-order valence-electron chi connectivity index (χ3n) is 6.01. The maximum Gasteiger partial charge on any atom is 0.124 e. The summed E-state index contributed by atoms with van der Waals surface area (Å²) in [5.74, 6) is 2.02. The van der Waals surface area contributed by atoms with Crippen molar-refractivity contribution in [3.63, 3.8) is 0 Å². The molecule has 3 nitrogen and oxygen atoms in total. The SMILES string of the molecule is c1ccc2c(c1)nc1n2-c2cc(-n3c4ccccc4c4ccccc43)ccc2SC1. The van der Waals surface area contributed by atoms with Crippen LogP contribution in [-0.2, 0) is 5.75 Å². The Morgan fingerprint density at radius 2 is 1.33 bits per heavy atom. The second-order valence-corrected chi connectivity index (χ2v) is 8.68. The number of para-hydroxylation sites is 4. The van der Waals surface area contributed by atoms with Crippen molar-refractivity contribution >= 4 is 44.6 Å². The van der Waals surface area contributed by atoms with Crippen LogP contribution in [0, 0.1) is 0 Å². The van der Waals surface area contributed by atoms with Crippen molar-refractivity contribution in [3.05, 3.63) is 96.8 Å². The van der Waals surface area contributed by atoms with E-state index in [9.17, 15) is 0 Å². The molecular weight excluding hydrogens is 386 g/mol. The minimum atomic E-state index is 0.899. The standard InChI is InChI=1S/C26H17N3S/c1-4-10-21-18(7-1)19-8-2-5-11-22(19)28(21)17-13-14-25-24(15-17)29-23-12-6-3-9-20(23)27-26(29)16-30-25/h1-15H,16H2. The van der Waals surface area contributed by atoms with Crippen LogP contribution in [0.25, 0.3) is 44.2 Å². The van der Waals surface area contributed by atoms with Gasteiger partial charge in [0.05, 0.1) is 33.5 Å². The van der Waals surface area contributed by atoms with E-state index in [4.69, 9.17) is 4.98 Å². The summed E-state index contributed by atoms with van der Waals surface area (Å²) in [6.07, 6.45) is 0. The summed E-state index contributed by atoms with van der Waals surface area (Å²) in [7, 11) is 0. The van der Waals surface area contributed by atoms with E-state index in [0.29, 0.717) is 0 Å². The summed E-state index contributed by atoms with van der Waals surface area (Å²) < 4.78 is 4.71. The second-order valence-electron chi connectivity index (χ2n) is 7.66. The first-order chi connectivity index (χ1) is 14.9. The van der Waals surface area contributed by atoms with Crippen molar-refractivity contribution in [1.29, 1.82) is 0 Å². The average Bonchev–Trinajstić information content (AvgIpc) is 3.35. The van der Waals surface area contributed by atoms with Crippen LogP contribution in [0.15, 0.2) is 95.9 Å². The molecule has 3 heterocycles. The molecule has 30 heavy (non-hydrogen) atoms. The molecule has 0 spiro atoms. The molecule has 0 bridgehead atoms. The van der Waals surface area contributed by atoms with E-state index in [1.807, 2.05) is 11.8 Å². The molecule has 142 valence electrons. The lowest BCUT2D eigenvalue weighted by molar-refractivity contribution is 0.941. The zero-order valence-corrected chi connectivity index (χ0v) is 16.9. The monoisotopic (exact) mass is 403 g/mol. The Bertz CT molecular complexity index is 1550. The largest absolute Gasteiger partial charge is 0.309 e. The molecule has 0 atom stereocenters. The van der Waals surface area contributed by atoms with Gasteiger partial charge in [-0.1, -0.05) is 48.5 Å². The highest BCUT2D eigenvalue weighted by Crippen LogP contribution is 2.40. The van der Waals surface area contributed by atoms with Gasteiger partial charge in [0, 0.05) is 21.4 Å². The Morgan fingerprint density at radius 1 is 0.667 bits per heavy atom. The number of rotatable bonds is 1. The molecule has 4 aromatic carbocycles. The van der Waals surface area contributed by atoms with Gasteiger partial charge in [0.1, 0.15) is 5.82 Å². The van der Waals surface area contributed by atoms with Gasteiger partial charge in [0.2, 0.25) is 0 Å². The summed E-state index contributed by atoms with van der Waals surface area (Å²) in [6, 6.07) is 32.6. The van der Waals surface area contributed by atoms with Gasteiger partial charge in [-0.15, -0.1) is 11.8 Å². The van der Waals surface area contributed by atoms with Crippen LogP contribution in [0.1, 0.15) is 5.82 Å². The number of benzene rings is 4. The zero-order valence-electron chi connectivity index (χ0n) is 16.1. The number of aromatic nitrogens is 3. The predicted octanol–water partition coefficient (Wildman–Crippen LogP) is 6.73. The molecule has 0 N–H and O–H groups in total. The first-order valence-electron chi connectivity index (χ1n) is 10.1. The van der Waals surface area contributed by atoms with Gasteiger partial charge < -0.3 is 4.57 Å². The van der Waals surface area contributed by atoms with Crippen LogP contribution < -0.4 is 0 Å². The summed E-state index contributed by atoms with van der Waals surface area (Å²) in [5, 5.41) is 2.57. The van der Waals surface area contributed by atoms with Crippen LogP contribution in [-0.4, -0.2) is 14.1 Å². The Balaban J connectivity index is 1.55. The number of nitrogens with zero attached hydrogens (tertiary/aromatic N) is 3. The van der Waals surface area contributed by atoms with E-state index in [1.54, 1.807) is 0 Å². The fourth-order valence-corrected chi connectivity index (χ4v) is 5.67. The molecule has 0 aliphatic carbocycles. The first kappa shape index (κ1) is 16.3. The lowest BCUT2D eigenvalue weighted by atomic mass is 10.2. The van der Waals surface area contributed by atoms with Crippen molar-refractivity contribution in [2.75, 3.05) is 0 Å². The highest BCUT2D eigenvalue weighted by atomic mass is 32.2. The van der Waals surface area contributed by atoms with Crippen LogP contribution in [0.4, 0.5) is 0 Å². The zero-order chi connectivity index (χ0) is 19.7. The number of imidazole rings is 1. The highest BCUT2D eigenvalue weighted by Gasteiger charge is 2.22. The van der Waals surface area contributed by atoms with E-state index >= 15 is 0 Å². The normalized spacial score (nSPS) is 13.1. The minimum absolute atomic E-state index is 0.899. The summed E-state index contributed by atoms with van der Waals surface area (Å²) in [4.78, 5) is 6.18. The fourth-order valence-electron chi connectivity index (χ4n) is 4.73. The molecule has 1 aliphatic rings. The van der Waals surface area contributed by atoms with Crippen molar-refractivity contribution in [2.24, 2.45) is 0 Å². The molecule has 6 aromatic rings. The first-order valence-corrected chi connectivity index (χ1v) is 11.1. The quantitative estimate of drug-likeness (QED) is 0.304. The van der Waals surface area contributed by atoms with Gasteiger partial charge >= 0.3 is 0 Å². The lowest BCUT2D eigenvalue weighted by Gasteiger charge is -2.20. The average molecular weight is 404 g/mol. The molecular formula is C26H17N3S. The Kier molecular flexibility index (Phi) is 3.26. The third kappa shape index (κ3) is 2.14. The predicted molar refractivity (Wildman–Crippen MR) is 125 cm³/mol. The van der Waals surface area contributed by atoms with Crippen molar-refractivity contribution in [3.8, 4) is 11.4 Å². The Hall–Kier alpha value is -3.50. The van der Waals surface area contributed by atoms with Gasteiger partial charge in [0.25, 0.3) is 0 Å². The summed E-state index contributed by atoms with van der Waals surface area (Å²) in [6.45, 7) is 0. The maximum atomic E-state index is 4.88. The molecule has 0 radical (unpaired) electrons. The number of fused-ring (bicyclic) bond motifs is 8. The third-order valence-corrected chi connectivity index (χ3v) is 7.07. The molecule has 0 unspecified atom stereocenters. The molecule has 0 saturated heterocycles. The van der Waals surface area contributed by atoms with E-state index in [0.717, 1.165) is 17.1 Å². The van der Waals surface area contributed by atoms with Gasteiger partial charge in [-0.2, -0.15) is 0 Å². The molecule has 7 rings (SSSR count). The number of thioether (sulfide) groups is 1. The highest BCUT2D eigenvalue weighted by molar-refractivity contribution is 7.98. The lowest BCUT2D eigenvalue weighted by Crippen LogP contribution is -2.07. The minimum Gasteiger partial charge on any atom is -0.309 e. The summed E-state index contributed by atoms with van der Waals surface area (Å²) >= 11 is 1.87. The Labute approximate surface area is 177 Å². The van der Waals surface area contributed by atoms with Crippen molar-refractivity contribution in [2.45, 2.75) is 10.6 Å². The topological polar surface area (TPSA) is 22.8 Å².